The number of amides is 1. The normalized spacial score (nSPS) is 20.2. The molecule has 1 spiro atoms. The molecule has 2 heterocycles. The van der Waals surface area contributed by atoms with Crippen LogP contribution in [0.1, 0.15) is 30.4 Å². The number of hydrogen-bond acceptors (Lipinski definition) is 3. The number of carbonyl (C=O) groups is 1. The van der Waals surface area contributed by atoms with E-state index >= 15 is 0 Å². The van der Waals surface area contributed by atoms with E-state index in [0.29, 0.717) is 13.0 Å². The quantitative estimate of drug-likeness (QED) is 0.875. The number of benzene rings is 2. The lowest BCUT2D eigenvalue weighted by Gasteiger charge is -2.43. The van der Waals surface area contributed by atoms with Crippen LogP contribution in [0.25, 0.3) is 0 Å². The summed E-state index contributed by atoms with van der Waals surface area (Å²) in [6.45, 7) is 3.72. The Morgan fingerprint density at radius 1 is 0.962 bits per heavy atom. The maximum absolute atomic E-state index is 12.4. The Morgan fingerprint density at radius 2 is 1.69 bits per heavy atom. The van der Waals surface area contributed by atoms with Crippen LogP contribution in [0.4, 0.5) is 5.69 Å². The minimum Gasteiger partial charge on any atom is -0.379 e. The molecule has 1 amide bonds. The largest absolute Gasteiger partial charge is 0.379 e. The van der Waals surface area contributed by atoms with Crippen LogP contribution in [-0.2, 0) is 17.8 Å². The van der Waals surface area contributed by atoms with Crippen molar-refractivity contribution >= 4 is 11.6 Å². The number of nitrogens with one attached hydrogen (secondary N) is 2. The zero-order chi connectivity index (χ0) is 17.8. The van der Waals surface area contributed by atoms with Crippen molar-refractivity contribution in [2.45, 2.75) is 37.8 Å². The van der Waals surface area contributed by atoms with E-state index in [4.69, 9.17) is 0 Å². The van der Waals surface area contributed by atoms with Crippen LogP contribution in [0.15, 0.2) is 54.6 Å². The third-order valence-electron chi connectivity index (χ3n) is 5.69. The average molecular weight is 349 g/mol. The molecule has 2 aromatic rings. The molecule has 4 rings (SSSR count). The van der Waals surface area contributed by atoms with Gasteiger partial charge in [-0.2, -0.15) is 0 Å². The molecule has 0 unspecified atom stereocenters. The highest BCUT2D eigenvalue weighted by molar-refractivity contribution is 5.78. The van der Waals surface area contributed by atoms with Gasteiger partial charge in [0.25, 0.3) is 0 Å². The van der Waals surface area contributed by atoms with Gasteiger partial charge < -0.3 is 10.6 Å². The molecule has 1 saturated heterocycles. The fraction of sp³-hybridized carbons (Fsp3) is 0.409. The average Bonchev–Trinajstić information content (AvgIpc) is 2.72. The molecule has 4 heteroatoms. The zero-order valence-electron chi connectivity index (χ0n) is 15.2. The number of carbonyl (C=O) groups excluding carboxylic acids is 1. The number of nitrogens with zero attached hydrogens (tertiary/aromatic N) is 1. The Labute approximate surface area is 155 Å². The molecule has 0 bridgehead atoms. The van der Waals surface area contributed by atoms with Crippen molar-refractivity contribution < 1.29 is 4.79 Å². The molecule has 0 atom stereocenters. The van der Waals surface area contributed by atoms with Gasteiger partial charge in [0.05, 0.1) is 0 Å². The SMILES string of the molecule is O=C1CC2(CCN(Cc3ccccc3)CC2)Nc2ccccc2CCN1. The molecule has 4 nitrogen and oxygen atoms in total. The third-order valence-corrected chi connectivity index (χ3v) is 5.69. The lowest BCUT2D eigenvalue weighted by molar-refractivity contribution is -0.122. The minimum atomic E-state index is -0.141. The number of piperidine rings is 1. The smallest absolute Gasteiger partial charge is 0.222 e. The molecule has 0 radical (unpaired) electrons. The maximum atomic E-state index is 12.4. The predicted molar refractivity (Wildman–Crippen MR) is 105 cm³/mol. The Kier molecular flexibility index (Phi) is 4.93. The Bertz CT molecular complexity index is 751. The van der Waals surface area contributed by atoms with Crippen LogP contribution in [0, 0.1) is 0 Å². The van der Waals surface area contributed by atoms with E-state index in [9.17, 15) is 4.79 Å². The number of fused-ring (bicyclic) bond motifs is 1. The van der Waals surface area contributed by atoms with E-state index in [0.717, 1.165) is 38.9 Å². The number of para-hydroxylation sites is 1. The highest BCUT2D eigenvalue weighted by Gasteiger charge is 2.37. The van der Waals surface area contributed by atoms with Crippen LogP contribution >= 0.6 is 0 Å². The van der Waals surface area contributed by atoms with E-state index < -0.39 is 0 Å². The van der Waals surface area contributed by atoms with Gasteiger partial charge in [-0.05, 0) is 36.5 Å². The van der Waals surface area contributed by atoms with E-state index in [2.05, 4.69) is 70.1 Å². The Hall–Kier alpha value is -2.33. The van der Waals surface area contributed by atoms with Crippen molar-refractivity contribution in [3.05, 3.63) is 65.7 Å². The molecule has 2 aromatic carbocycles. The summed E-state index contributed by atoms with van der Waals surface area (Å²) in [5, 5.41) is 6.88. The summed E-state index contributed by atoms with van der Waals surface area (Å²) in [5.41, 5.74) is 3.70. The first-order valence-electron chi connectivity index (χ1n) is 9.62. The summed E-state index contributed by atoms with van der Waals surface area (Å²) < 4.78 is 0. The molecule has 0 saturated carbocycles. The number of rotatable bonds is 2. The summed E-state index contributed by atoms with van der Waals surface area (Å²) in [4.78, 5) is 14.9. The van der Waals surface area contributed by atoms with E-state index in [-0.39, 0.29) is 11.4 Å². The zero-order valence-corrected chi connectivity index (χ0v) is 15.2. The summed E-state index contributed by atoms with van der Waals surface area (Å²) >= 11 is 0. The first-order valence-corrected chi connectivity index (χ1v) is 9.62. The molecule has 136 valence electrons. The van der Waals surface area contributed by atoms with E-state index in [1.807, 2.05) is 0 Å². The van der Waals surface area contributed by atoms with Gasteiger partial charge in [-0.15, -0.1) is 0 Å². The lowest BCUT2D eigenvalue weighted by Crippen LogP contribution is -2.51. The number of hydrogen-bond donors (Lipinski definition) is 2. The highest BCUT2D eigenvalue weighted by Crippen LogP contribution is 2.33. The third kappa shape index (κ3) is 3.91. The van der Waals surface area contributed by atoms with Crippen LogP contribution in [0.3, 0.4) is 0 Å². The molecule has 0 aliphatic carbocycles. The molecule has 26 heavy (non-hydrogen) atoms. The molecular weight excluding hydrogens is 322 g/mol. The van der Waals surface area contributed by atoms with Crippen molar-refractivity contribution in [3.63, 3.8) is 0 Å². The van der Waals surface area contributed by atoms with Crippen molar-refractivity contribution in [2.24, 2.45) is 0 Å². The summed E-state index contributed by atoms with van der Waals surface area (Å²) in [6, 6.07) is 19.1. The van der Waals surface area contributed by atoms with E-state index in [1.165, 1.54) is 16.8 Å². The Balaban J connectivity index is 1.49. The maximum Gasteiger partial charge on any atom is 0.222 e. The fourth-order valence-corrected chi connectivity index (χ4v) is 4.18. The molecule has 2 aliphatic rings. The minimum absolute atomic E-state index is 0.141. The van der Waals surface area contributed by atoms with E-state index in [1.54, 1.807) is 0 Å². The molecule has 0 aromatic heterocycles. The van der Waals surface area contributed by atoms with Gasteiger partial charge >= 0.3 is 0 Å². The van der Waals surface area contributed by atoms with Gasteiger partial charge in [0, 0.05) is 43.8 Å². The molecule has 2 aliphatic heterocycles. The van der Waals surface area contributed by atoms with Crippen LogP contribution in [0.5, 0.6) is 0 Å². The molecule has 1 fully saturated rings. The number of likely N-dealkylation sites (tertiary alicyclic amines) is 1. The number of anilines is 1. The second-order valence-electron chi connectivity index (χ2n) is 7.60. The van der Waals surface area contributed by atoms with Crippen molar-refractivity contribution in [1.29, 1.82) is 0 Å². The van der Waals surface area contributed by atoms with Gasteiger partial charge in [-0.3, -0.25) is 9.69 Å². The Morgan fingerprint density at radius 3 is 2.50 bits per heavy atom. The second kappa shape index (κ2) is 7.50. The summed E-state index contributed by atoms with van der Waals surface area (Å²) in [6.07, 6.45) is 3.41. The standard InChI is InChI=1S/C22H27N3O/c26-21-16-22(24-20-9-5-4-8-19(20)10-13-23-21)11-14-25(15-12-22)17-18-6-2-1-3-7-18/h1-9,24H,10-17H2,(H,23,26). The van der Waals surface area contributed by atoms with Crippen molar-refractivity contribution in [2.75, 3.05) is 25.0 Å². The lowest BCUT2D eigenvalue weighted by atomic mass is 9.83. The highest BCUT2D eigenvalue weighted by atomic mass is 16.1. The summed E-state index contributed by atoms with van der Waals surface area (Å²) in [5.74, 6) is 0.168. The first-order chi connectivity index (χ1) is 12.7. The van der Waals surface area contributed by atoms with Gasteiger partial charge in [0.1, 0.15) is 0 Å². The molecular formula is C22H27N3O. The summed E-state index contributed by atoms with van der Waals surface area (Å²) in [7, 11) is 0. The van der Waals surface area contributed by atoms with Crippen LogP contribution < -0.4 is 10.6 Å². The van der Waals surface area contributed by atoms with Gasteiger partial charge in [0.2, 0.25) is 5.91 Å². The van der Waals surface area contributed by atoms with Crippen molar-refractivity contribution in [3.8, 4) is 0 Å². The first kappa shape index (κ1) is 17.1. The molecule has 2 N–H and O–H groups in total. The predicted octanol–water partition coefficient (Wildman–Crippen LogP) is 3.20. The van der Waals surface area contributed by atoms with Gasteiger partial charge in [-0.25, -0.2) is 0 Å². The van der Waals surface area contributed by atoms with Gasteiger partial charge in [0.15, 0.2) is 0 Å². The fourth-order valence-electron chi connectivity index (χ4n) is 4.18. The second-order valence-corrected chi connectivity index (χ2v) is 7.60. The monoisotopic (exact) mass is 349 g/mol. The van der Waals surface area contributed by atoms with Crippen molar-refractivity contribution in [1.82, 2.24) is 10.2 Å². The van der Waals surface area contributed by atoms with Crippen LogP contribution in [-0.4, -0.2) is 36.0 Å². The van der Waals surface area contributed by atoms with Crippen LogP contribution in [0.2, 0.25) is 0 Å². The topological polar surface area (TPSA) is 44.4 Å². The van der Waals surface area contributed by atoms with Gasteiger partial charge in [-0.1, -0.05) is 48.5 Å².